The van der Waals surface area contributed by atoms with Crippen molar-refractivity contribution >= 4 is 0 Å². The van der Waals surface area contributed by atoms with E-state index in [4.69, 9.17) is 4.74 Å². The van der Waals surface area contributed by atoms with Crippen LogP contribution in [0.25, 0.3) is 0 Å². The second-order valence-corrected chi connectivity index (χ2v) is 7.64. The van der Waals surface area contributed by atoms with Crippen LogP contribution in [0.2, 0.25) is 0 Å². The number of piperidine rings is 1. The second kappa shape index (κ2) is 8.16. The molecule has 3 heteroatoms. The van der Waals surface area contributed by atoms with Gasteiger partial charge in [-0.2, -0.15) is 0 Å². The van der Waals surface area contributed by atoms with Gasteiger partial charge in [0, 0.05) is 12.1 Å². The number of benzene rings is 1. The third-order valence-electron chi connectivity index (χ3n) is 4.70. The Kier molecular flexibility index (Phi) is 6.49. The van der Waals surface area contributed by atoms with Gasteiger partial charge < -0.3 is 14.7 Å². The van der Waals surface area contributed by atoms with Crippen molar-refractivity contribution in [1.29, 1.82) is 0 Å². The summed E-state index contributed by atoms with van der Waals surface area (Å²) in [6, 6.07) is 6.27. The highest BCUT2D eigenvalue weighted by atomic mass is 16.5. The summed E-state index contributed by atoms with van der Waals surface area (Å²) in [5, 5.41) is 10.7. The van der Waals surface area contributed by atoms with Crippen molar-refractivity contribution in [1.82, 2.24) is 4.90 Å². The molecule has 1 N–H and O–H groups in total. The van der Waals surface area contributed by atoms with Crippen LogP contribution in [0.4, 0.5) is 0 Å². The first-order valence-corrected chi connectivity index (χ1v) is 9.09. The molecule has 0 radical (unpaired) electrons. The monoisotopic (exact) mass is 319 g/mol. The Balaban J connectivity index is 2.10. The maximum Gasteiger partial charge on any atom is 0.125 e. The number of hydrogen-bond acceptors (Lipinski definition) is 3. The first kappa shape index (κ1) is 18.3. The van der Waals surface area contributed by atoms with Crippen molar-refractivity contribution in [3.63, 3.8) is 0 Å². The van der Waals surface area contributed by atoms with Gasteiger partial charge in [0.05, 0.1) is 12.7 Å². The molecule has 1 aliphatic rings. The largest absolute Gasteiger partial charge is 0.493 e. The molecule has 1 atom stereocenters. The average molecular weight is 319 g/mol. The maximum absolute atomic E-state index is 10.7. The first-order valence-electron chi connectivity index (χ1n) is 9.09. The van der Waals surface area contributed by atoms with E-state index in [0.29, 0.717) is 6.61 Å². The molecule has 2 rings (SSSR count). The van der Waals surface area contributed by atoms with Gasteiger partial charge in [-0.05, 0) is 62.4 Å². The zero-order valence-electron chi connectivity index (χ0n) is 15.3. The zero-order valence-corrected chi connectivity index (χ0v) is 15.3. The summed E-state index contributed by atoms with van der Waals surface area (Å²) in [7, 11) is 0. The van der Waals surface area contributed by atoms with E-state index in [0.717, 1.165) is 24.3 Å². The standard InChI is InChI=1S/C20H33NO2/c1-5-23-19-10-9-16(20(2,3)4)15-17(19)18(22)11-14-21-12-7-6-8-13-21/h9-10,15,18,22H,5-8,11-14H2,1-4H3. The fourth-order valence-corrected chi connectivity index (χ4v) is 3.21. The van der Waals surface area contributed by atoms with Crippen LogP contribution >= 0.6 is 0 Å². The summed E-state index contributed by atoms with van der Waals surface area (Å²) >= 11 is 0. The van der Waals surface area contributed by atoms with Gasteiger partial charge in [0.15, 0.2) is 0 Å². The van der Waals surface area contributed by atoms with Crippen LogP contribution in [0.1, 0.15) is 70.6 Å². The molecule has 0 spiro atoms. The fourth-order valence-electron chi connectivity index (χ4n) is 3.21. The van der Waals surface area contributed by atoms with E-state index in [2.05, 4.69) is 37.8 Å². The van der Waals surface area contributed by atoms with E-state index < -0.39 is 6.10 Å². The fraction of sp³-hybridized carbons (Fsp3) is 0.700. The quantitative estimate of drug-likeness (QED) is 0.849. The molecule has 0 bridgehead atoms. The number of nitrogens with zero attached hydrogens (tertiary/aromatic N) is 1. The Labute approximate surface area is 141 Å². The van der Waals surface area contributed by atoms with Crippen molar-refractivity contribution < 1.29 is 9.84 Å². The van der Waals surface area contributed by atoms with Crippen LogP contribution in [0, 0.1) is 0 Å². The maximum atomic E-state index is 10.7. The minimum Gasteiger partial charge on any atom is -0.493 e. The van der Waals surface area contributed by atoms with Crippen LogP contribution in [0.15, 0.2) is 18.2 Å². The molecular formula is C20H33NO2. The summed E-state index contributed by atoms with van der Waals surface area (Å²) < 4.78 is 5.74. The van der Waals surface area contributed by atoms with Crippen molar-refractivity contribution in [2.75, 3.05) is 26.2 Å². The molecule has 1 aromatic rings. The topological polar surface area (TPSA) is 32.7 Å². The van der Waals surface area contributed by atoms with Gasteiger partial charge in [-0.15, -0.1) is 0 Å². The molecule has 1 heterocycles. The highest BCUT2D eigenvalue weighted by Crippen LogP contribution is 2.33. The van der Waals surface area contributed by atoms with E-state index >= 15 is 0 Å². The Morgan fingerprint density at radius 2 is 1.87 bits per heavy atom. The number of aliphatic hydroxyl groups excluding tert-OH is 1. The molecule has 1 saturated heterocycles. The van der Waals surface area contributed by atoms with Crippen molar-refractivity contribution in [3.8, 4) is 5.75 Å². The Hall–Kier alpha value is -1.06. The summed E-state index contributed by atoms with van der Waals surface area (Å²) in [5.74, 6) is 0.826. The molecule has 1 fully saturated rings. The highest BCUT2D eigenvalue weighted by molar-refractivity contribution is 5.41. The van der Waals surface area contributed by atoms with Gasteiger partial charge in [-0.25, -0.2) is 0 Å². The van der Waals surface area contributed by atoms with Gasteiger partial charge in [0.25, 0.3) is 0 Å². The lowest BCUT2D eigenvalue weighted by Gasteiger charge is -2.28. The average Bonchev–Trinajstić information content (AvgIpc) is 2.53. The summed E-state index contributed by atoms with van der Waals surface area (Å²) in [4.78, 5) is 2.47. The number of hydrogen-bond donors (Lipinski definition) is 1. The number of likely N-dealkylation sites (tertiary alicyclic amines) is 1. The van der Waals surface area contributed by atoms with E-state index in [1.165, 1.54) is 37.9 Å². The Morgan fingerprint density at radius 3 is 2.48 bits per heavy atom. The summed E-state index contributed by atoms with van der Waals surface area (Å²) in [5.41, 5.74) is 2.26. The van der Waals surface area contributed by atoms with Crippen molar-refractivity contribution in [3.05, 3.63) is 29.3 Å². The smallest absolute Gasteiger partial charge is 0.125 e. The van der Waals surface area contributed by atoms with E-state index in [1.54, 1.807) is 0 Å². The Morgan fingerprint density at radius 1 is 1.17 bits per heavy atom. The predicted octanol–water partition coefficient (Wildman–Crippen LogP) is 4.29. The molecule has 130 valence electrons. The molecule has 23 heavy (non-hydrogen) atoms. The molecule has 3 nitrogen and oxygen atoms in total. The third-order valence-corrected chi connectivity index (χ3v) is 4.70. The molecule has 1 aromatic carbocycles. The zero-order chi connectivity index (χ0) is 16.9. The van der Waals surface area contributed by atoms with E-state index in [9.17, 15) is 5.11 Å². The highest BCUT2D eigenvalue weighted by Gasteiger charge is 2.20. The van der Waals surface area contributed by atoms with Crippen molar-refractivity contribution in [2.24, 2.45) is 0 Å². The van der Waals surface area contributed by atoms with E-state index in [-0.39, 0.29) is 5.41 Å². The van der Waals surface area contributed by atoms with Crippen LogP contribution in [-0.4, -0.2) is 36.2 Å². The molecule has 1 unspecified atom stereocenters. The van der Waals surface area contributed by atoms with Gasteiger partial charge in [-0.3, -0.25) is 0 Å². The number of rotatable bonds is 6. The van der Waals surface area contributed by atoms with Crippen LogP contribution in [0.5, 0.6) is 5.75 Å². The minimum absolute atomic E-state index is 0.0755. The molecule has 0 amide bonds. The third kappa shape index (κ3) is 5.22. The SMILES string of the molecule is CCOc1ccc(C(C)(C)C)cc1C(O)CCN1CCCCC1. The molecule has 0 saturated carbocycles. The Bertz CT molecular complexity index is 487. The lowest BCUT2D eigenvalue weighted by molar-refractivity contribution is 0.130. The van der Waals surface area contributed by atoms with Gasteiger partial charge >= 0.3 is 0 Å². The normalized spacial score (nSPS) is 18.0. The van der Waals surface area contributed by atoms with Crippen LogP contribution in [0.3, 0.4) is 0 Å². The van der Waals surface area contributed by atoms with E-state index in [1.807, 2.05) is 13.0 Å². The second-order valence-electron chi connectivity index (χ2n) is 7.64. The van der Waals surface area contributed by atoms with Crippen LogP contribution < -0.4 is 4.74 Å². The van der Waals surface area contributed by atoms with Gasteiger partial charge in [0.2, 0.25) is 0 Å². The molecule has 0 aromatic heterocycles. The molecule has 0 aliphatic carbocycles. The minimum atomic E-state index is -0.458. The number of ether oxygens (including phenoxy) is 1. The number of aliphatic hydroxyl groups is 1. The molecule has 1 aliphatic heterocycles. The van der Waals surface area contributed by atoms with Crippen LogP contribution in [-0.2, 0) is 5.41 Å². The lowest BCUT2D eigenvalue weighted by atomic mass is 9.85. The van der Waals surface area contributed by atoms with Gasteiger partial charge in [-0.1, -0.05) is 33.3 Å². The lowest BCUT2D eigenvalue weighted by Crippen LogP contribution is -2.31. The van der Waals surface area contributed by atoms with Crippen molar-refractivity contribution in [2.45, 2.75) is 64.9 Å². The predicted molar refractivity (Wildman–Crippen MR) is 96.2 cm³/mol. The summed E-state index contributed by atoms with van der Waals surface area (Å²) in [6.45, 7) is 12.5. The molecular weight excluding hydrogens is 286 g/mol. The van der Waals surface area contributed by atoms with Gasteiger partial charge in [0.1, 0.15) is 5.75 Å². The first-order chi connectivity index (χ1) is 10.9. The summed E-state index contributed by atoms with van der Waals surface area (Å²) in [6.07, 6.45) is 4.25.